The van der Waals surface area contributed by atoms with Crippen LogP contribution in [-0.2, 0) is 13.0 Å². The average Bonchev–Trinajstić information content (AvgIpc) is 2.40. The normalized spacial score (nSPS) is 10.6. The highest BCUT2D eigenvalue weighted by molar-refractivity contribution is 5.48. The molecule has 0 saturated heterocycles. The molecule has 0 fully saturated rings. The summed E-state index contributed by atoms with van der Waals surface area (Å²) in [6.07, 6.45) is 0.405. The third-order valence-corrected chi connectivity index (χ3v) is 3.27. The van der Waals surface area contributed by atoms with Crippen molar-refractivity contribution in [3.63, 3.8) is 0 Å². The smallest absolute Gasteiger partial charge is 0.172 e. The molecule has 0 unspecified atom stereocenters. The summed E-state index contributed by atoms with van der Waals surface area (Å²) in [6.45, 7) is 3.68. The first kappa shape index (κ1) is 14.2. The third kappa shape index (κ3) is 2.69. The molecule has 2 rings (SSSR count). The lowest BCUT2D eigenvalue weighted by Gasteiger charge is -2.14. The van der Waals surface area contributed by atoms with Gasteiger partial charge in [0, 0.05) is 16.8 Å². The van der Waals surface area contributed by atoms with Gasteiger partial charge in [-0.2, -0.15) is 0 Å². The second-order valence-electron chi connectivity index (χ2n) is 4.68. The molecule has 0 aromatic heterocycles. The van der Waals surface area contributed by atoms with Gasteiger partial charge >= 0.3 is 0 Å². The Bertz CT molecular complexity index is 626. The van der Waals surface area contributed by atoms with Crippen LogP contribution in [0.3, 0.4) is 0 Å². The minimum Gasteiger partial charge on any atom is -0.508 e. The summed E-state index contributed by atoms with van der Waals surface area (Å²) in [5, 5.41) is 9.71. The molecule has 106 valence electrons. The summed E-state index contributed by atoms with van der Waals surface area (Å²) in [5.41, 5.74) is 8.07. The minimum absolute atomic E-state index is 0.0333. The number of phenols is 1. The van der Waals surface area contributed by atoms with E-state index in [1.165, 1.54) is 6.07 Å². The Kier molecular flexibility index (Phi) is 4.13. The monoisotopic (exact) mass is 275 g/mol. The molecule has 2 aromatic carbocycles. The van der Waals surface area contributed by atoms with Crippen molar-refractivity contribution >= 4 is 5.69 Å². The van der Waals surface area contributed by atoms with Gasteiger partial charge in [-0.3, -0.25) is 0 Å². The largest absolute Gasteiger partial charge is 0.508 e. The number of benzene rings is 2. The van der Waals surface area contributed by atoms with Crippen LogP contribution in [-0.4, -0.2) is 5.11 Å². The first-order valence-corrected chi connectivity index (χ1v) is 6.51. The van der Waals surface area contributed by atoms with Crippen LogP contribution in [0.25, 0.3) is 0 Å². The molecule has 3 N–H and O–H groups in total. The number of anilines is 1. The van der Waals surface area contributed by atoms with E-state index in [0.717, 1.165) is 5.56 Å². The molecule has 20 heavy (non-hydrogen) atoms. The van der Waals surface area contributed by atoms with Crippen LogP contribution in [0.15, 0.2) is 30.3 Å². The molecule has 0 radical (unpaired) electrons. The van der Waals surface area contributed by atoms with Gasteiger partial charge in [-0.05, 0) is 31.0 Å². The zero-order chi connectivity index (χ0) is 14.7. The maximum absolute atomic E-state index is 14.3. The van der Waals surface area contributed by atoms with E-state index < -0.39 is 5.82 Å². The highest BCUT2D eigenvalue weighted by Crippen LogP contribution is 2.33. The Morgan fingerprint density at radius 2 is 2.00 bits per heavy atom. The van der Waals surface area contributed by atoms with Gasteiger partial charge in [-0.25, -0.2) is 4.39 Å². The SMILES string of the molecule is CCc1c(O)cc(C)c(OCc2ccccc2N)c1F. The van der Waals surface area contributed by atoms with Crippen molar-refractivity contribution in [2.75, 3.05) is 5.73 Å². The van der Waals surface area contributed by atoms with Crippen molar-refractivity contribution in [3.05, 3.63) is 52.8 Å². The van der Waals surface area contributed by atoms with E-state index in [1.54, 1.807) is 19.9 Å². The highest BCUT2D eigenvalue weighted by atomic mass is 19.1. The van der Waals surface area contributed by atoms with Crippen molar-refractivity contribution in [3.8, 4) is 11.5 Å². The summed E-state index contributed by atoms with van der Waals surface area (Å²) in [4.78, 5) is 0. The standard InChI is InChI=1S/C16H18FNO2/c1-3-12-14(19)8-10(2)16(15(12)17)20-9-11-6-4-5-7-13(11)18/h4-8,19H,3,9,18H2,1-2H3. The van der Waals surface area contributed by atoms with Gasteiger partial charge in [0.15, 0.2) is 11.6 Å². The molecule has 0 aliphatic rings. The Morgan fingerprint density at radius 3 is 2.65 bits per heavy atom. The average molecular weight is 275 g/mol. The van der Waals surface area contributed by atoms with Gasteiger partial charge in [0.1, 0.15) is 12.4 Å². The summed E-state index contributed by atoms with van der Waals surface area (Å²) in [7, 11) is 0. The Morgan fingerprint density at radius 1 is 1.30 bits per heavy atom. The third-order valence-electron chi connectivity index (χ3n) is 3.27. The quantitative estimate of drug-likeness (QED) is 0.839. The van der Waals surface area contributed by atoms with E-state index in [1.807, 2.05) is 18.2 Å². The molecule has 2 aromatic rings. The molecule has 0 aliphatic carbocycles. The number of ether oxygens (including phenoxy) is 1. The Hall–Kier alpha value is -2.23. The van der Waals surface area contributed by atoms with Gasteiger partial charge in [-0.15, -0.1) is 0 Å². The van der Waals surface area contributed by atoms with Crippen molar-refractivity contribution in [1.29, 1.82) is 0 Å². The molecule has 0 spiro atoms. The van der Waals surface area contributed by atoms with Crippen molar-refractivity contribution in [2.24, 2.45) is 0 Å². The summed E-state index contributed by atoms with van der Waals surface area (Å²) >= 11 is 0. The van der Waals surface area contributed by atoms with Crippen LogP contribution in [0.5, 0.6) is 11.5 Å². The van der Waals surface area contributed by atoms with Gasteiger partial charge in [0.25, 0.3) is 0 Å². The number of hydrogen-bond acceptors (Lipinski definition) is 3. The minimum atomic E-state index is -0.500. The summed E-state index contributed by atoms with van der Waals surface area (Å²) in [6, 6.07) is 8.82. The first-order chi connectivity index (χ1) is 9.54. The van der Waals surface area contributed by atoms with E-state index in [4.69, 9.17) is 10.5 Å². The molecular formula is C16H18FNO2. The van der Waals surface area contributed by atoms with E-state index in [2.05, 4.69) is 0 Å². The first-order valence-electron chi connectivity index (χ1n) is 6.51. The van der Waals surface area contributed by atoms with Crippen LogP contribution in [0.4, 0.5) is 10.1 Å². The molecule has 3 nitrogen and oxygen atoms in total. The maximum Gasteiger partial charge on any atom is 0.172 e. The second kappa shape index (κ2) is 5.82. The topological polar surface area (TPSA) is 55.5 Å². The molecule has 0 aliphatic heterocycles. The number of nitrogen functional groups attached to an aromatic ring is 1. The van der Waals surface area contributed by atoms with Crippen molar-refractivity contribution in [2.45, 2.75) is 26.9 Å². The number of para-hydroxylation sites is 1. The zero-order valence-electron chi connectivity index (χ0n) is 11.6. The van der Waals surface area contributed by atoms with E-state index in [0.29, 0.717) is 17.7 Å². The lowest BCUT2D eigenvalue weighted by molar-refractivity contribution is 0.286. The maximum atomic E-state index is 14.3. The highest BCUT2D eigenvalue weighted by Gasteiger charge is 2.16. The predicted octanol–water partition coefficient (Wildman–Crippen LogP) is 3.56. The van der Waals surface area contributed by atoms with Crippen molar-refractivity contribution < 1.29 is 14.2 Å². The zero-order valence-corrected chi connectivity index (χ0v) is 11.6. The molecule has 0 heterocycles. The Labute approximate surface area is 117 Å². The number of aromatic hydroxyl groups is 1. The fraction of sp³-hybridized carbons (Fsp3) is 0.250. The molecule has 0 saturated carbocycles. The van der Waals surface area contributed by atoms with Gasteiger partial charge in [0.05, 0.1) is 0 Å². The van der Waals surface area contributed by atoms with Gasteiger partial charge in [0.2, 0.25) is 0 Å². The number of rotatable bonds is 4. The van der Waals surface area contributed by atoms with Crippen molar-refractivity contribution in [1.82, 2.24) is 0 Å². The molecular weight excluding hydrogens is 257 g/mol. The van der Waals surface area contributed by atoms with E-state index >= 15 is 0 Å². The van der Waals surface area contributed by atoms with E-state index in [9.17, 15) is 9.50 Å². The number of hydrogen-bond donors (Lipinski definition) is 2. The molecule has 0 amide bonds. The fourth-order valence-corrected chi connectivity index (χ4v) is 2.11. The van der Waals surface area contributed by atoms with Crippen LogP contribution < -0.4 is 10.5 Å². The second-order valence-corrected chi connectivity index (χ2v) is 4.68. The number of nitrogens with two attached hydrogens (primary N) is 1. The number of aryl methyl sites for hydroxylation is 1. The van der Waals surface area contributed by atoms with E-state index in [-0.39, 0.29) is 23.7 Å². The molecule has 0 bridgehead atoms. The lowest BCUT2D eigenvalue weighted by atomic mass is 10.1. The van der Waals surface area contributed by atoms with Crippen LogP contribution in [0.2, 0.25) is 0 Å². The Balaban J connectivity index is 2.28. The summed E-state index contributed by atoms with van der Waals surface area (Å²) < 4.78 is 19.8. The predicted molar refractivity (Wildman–Crippen MR) is 77.4 cm³/mol. The number of phenolic OH excluding ortho intramolecular Hbond substituents is 1. The lowest BCUT2D eigenvalue weighted by Crippen LogP contribution is -2.04. The fourth-order valence-electron chi connectivity index (χ4n) is 2.11. The van der Waals surface area contributed by atoms with Gasteiger partial charge < -0.3 is 15.6 Å². The number of halogens is 1. The van der Waals surface area contributed by atoms with Crippen LogP contribution >= 0.6 is 0 Å². The van der Waals surface area contributed by atoms with Crippen LogP contribution in [0.1, 0.15) is 23.6 Å². The van der Waals surface area contributed by atoms with Gasteiger partial charge in [-0.1, -0.05) is 25.1 Å². The molecule has 0 atom stereocenters. The summed E-state index contributed by atoms with van der Waals surface area (Å²) in [5.74, 6) is -0.364. The van der Waals surface area contributed by atoms with Crippen LogP contribution in [0, 0.1) is 12.7 Å². The molecule has 4 heteroatoms.